The Balaban J connectivity index is 3.04. The zero-order chi connectivity index (χ0) is 19.5. The Kier molecular flexibility index (Phi) is 9.46. The predicted octanol–water partition coefficient (Wildman–Crippen LogP) is 6.00. The average Bonchev–Trinajstić information content (AvgIpc) is 2.62. The van der Waals surface area contributed by atoms with Gasteiger partial charge in [-0.25, -0.2) is 0 Å². The number of aliphatic imine (C=N–C) groups is 1. The van der Waals surface area contributed by atoms with Crippen LogP contribution in [0.4, 0.5) is 0 Å². The highest BCUT2D eigenvalue weighted by Crippen LogP contribution is 2.20. The lowest BCUT2D eigenvalue weighted by molar-refractivity contribution is 0.804. The highest BCUT2D eigenvalue weighted by Gasteiger charge is 2.06. The first kappa shape index (κ1) is 21.7. The van der Waals surface area contributed by atoms with E-state index >= 15 is 0 Å². The van der Waals surface area contributed by atoms with Crippen LogP contribution in [0.2, 0.25) is 5.02 Å². The molecule has 1 rings (SSSR count). The number of nitrogens with one attached hydrogen (secondary N) is 1. The van der Waals surface area contributed by atoms with E-state index < -0.39 is 0 Å². The van der Waals surface area contributed by atoms with Crippen molar-refractivity contribution in [2.24, 2.45) is 4.99 Å². The summed E-state index contributed by atoms with van der Waals surface area (Å²) in [5.74, 6) is 0.782. The number of aryl methyl sites for hydroxylation is 1. The number of nitrogens with zero attached hydrogens (tertiary/aromatic N) is 1. The maximum absolute atomic E-state index is 6.30. The third-order valence-electron chi connectivity index (χ3n) is 3.81. The fourth-order valence-corrected chi connectivity index (χ4v) is 2.51. The van der Waals surface area contributed by atoms with E-state index in [1.807, 2.05) is 31.2 Å². The number of rotatable bonds is 9. The van der Waals surface area contributed by atoms with Crippen LogP contribution < -0.4 is 5.32 Å². The number of allylic oxidation sites excluding steroid dienone is 3. The van der Waals surface area contributed by atoms with Crippen molar-refractivity contribution in [2.75, 3.05) is 6.54 Å². The molecule has 1 aromatic rings. The van der Waals surface area contributed by atoms with E-state index in [1.165, 1.54) is 11.1 Å². The summed E-state index contributed by atoms with van der Waals surface area (Å²) in [6.45, 7) is 18.2. The molecule has 1 aromatic carbocycles. The van der Waals surface area contributed by atoms with Crippen LogP contribution in [0.25, 0.3) is 0 Å². The first-order chi connectivity index (χ1) is 12.4. The van der Waals surface area contributed by atoms with Crippen molar-refractivity contribution in [3.63, 3.8) is 0 Å². The number of benzene rings is 1. The van der Waals surface area contributed by atoms with Crippen LogP contribution in [0.5, 0.6) is 0 Å². The van der Waals surface area contributed by atoms with Gasteiger partial charge in [0.15, 0.2) is 0 Å². The van der Waals surface area contributed by atoms with Crippen molar-refractivity contribution in [1.82, 2.24) is 5.32 Å². The van der Waals surface area contributed by atoms with Crippen molar-refractivity contribution in [3.05, 3.63) is 95.6 Å². The lowest BCUT2D eigenvalue weighted by Crippen LogP contribution is -2.32. The highest BCUT2D eigenvalue weighted by molar-refractivity contribution is 6.31. The summed E-state index contributed by atoms with van der Waals surface area (Å²) in [6.07, 6.45) is 10.3. The van der Waals surface area contributed by atoms with Crippen LogP contribution in [-0.2, 0) is 6.42 Å². The van der Waals surface area contributed by atoms with Crippen LogP contribution in [0.1, 0.15) is 25.0 Å². The van der Waals surface area contributed by atoms with Gasteiger partial charge in [-0.05, 0) is 38.8 Å². The molecule has 2 nitrogen and oxygen atoms in total. The molecule has 0 saturated heterocycles. The molecule has 0 spiro atoms. The third kappa shape index (κ3) is 7.28. The smallest absolute Gasteiger partial charge is 0.129 e. The van der Waals surface area contributed by atoms with E-state index in [4.69, 9.17) is 11.6 Å². The van der Waals surface area contributed by atoms with Gasteiger partial charge >= 0.3 is 0 Å². The Morgan fingerprint density at radius 1 is 1.27 bits per heavy atom. The van der Waals surface area contributed by atoms with Crippen LogP contribution in [0, 0.1) is 6.92 Å². The van der Waals surface area contributed by atoms with Gasteiger partial charge in [0.05, 0.1) is 6.54 Å². The first-order valence-corrected chi connectivity index (χ1v) is 9.08. The minimum Gasteiger partial charge on any atom is -0.364 e. The minimum atomic E-state index is 0.109. The van der Waals surface area contributed by atoms with Crippen molar-refractivity contribution in [3.8, 4) is 0 Å². The van der Waals surface area contributed by atoms with Gasteiger partial charge in [-0.15, -0.1) is 13.2 Å². The van der Waals surface area contributed by atoms with Gasteiger partial charge in [-0.3, -0.25) is 4.99 Å². The molecule has 26 heavy (non-hydrogen) atoms. The Bertz CT molecular complexity index is 739. The summed E-state index contributed by atoms with van der Waals surface area (Å²) in [5.41, 5.74) is 4.47. The standard InChI is InChI=1S/C23H29ClN2/c1-7-14-25-23(26-19(6)8-2)20(9-3)12-10-17(4)15-21-16-18(5)11-13-22(21)24/h7-13,16,19H,1-3,14-15H2,4-6H3,(H,25,26)/b17-10+,20-12+. The molecule has 0 heterocycles. The lowest BCUT2D eigenvalue weighted by atomic mass is 10.0. The molecule has 0 aliphatic heterocycles. The average molecular weight is 369 g/mol. The maximum atomic E-state index is 6.30. The van der Waals surface area contributed by atoms with Gasteiger partial charge in [-0.1, -0.05) is 71.8 Å². The molecule has 0 radical (unpaired) electrons. The molecule has 1 N–H and O–H groups in total. The number of amidine groups is 1. The summed E-state index contributed by atoms with van der Waals surface area (Å²) in [4.78, 5) is 4.54. The fraction of sp³-hybridized carbons (Fsp3) is 0.261. The third-order valence-corrected chi connectivity index (χ3v) is 4.18. The van der Waals surface area contributed by atoms with Crippen LogP contribution >= 0.6 is 11.6 Å². The van der Waals surface area contributed by atoms with E-state index in [-0.39, 0.29) is 6.04 Å². The second kappa shape index (κ2) is 11.3. The molecule has 1 atom stereocenters. The topological polar surface area (TPSA) is 24.4 Å². The predicted molar refractivity (Wildman–Crippen MR) is 117 cm³/mol. The van der Waals surface area contributed by atoms with Gasteiger partial charge in [-0.2, -0.15) is 0 Å². The Hall–Kier alpha value is -2.32. The van der Waals surface area contributed by atoms with Crippen molar-refractivity contribution < 1.29 is 0 Å². The fourth-order valence-electron chi connectivity index (χ4n) is 2.32. The quantitative estimate of drug-likeness (QED) is 0.246. The largest absolute Gasteiger partial charge is 0.364 e. The minimum absolute atomic E-state index is 0.109. The van der Waals surface area contributed by atoms with E-state index in [9.17, 15) is 0 Å². The number of hydrogen-bond acceptors (Lipinski definition) is 1. The molecule has 0 aromatic heterocycles. The first-order valence-electron chi connectivity index (χ1n) is 8.71. The van der Waals surface area contributed by atoms with Crippen LogP contribution in [0.3, 0.4) is 0 Å². The van der Waals surface area contributed by atoms with E-state index in [0.717, 1.165) is 28.4 Å². The molecule has 0 saturated carbocycles. The molecule has 0 aliphatic carbocycles. The lowest BCUT2D eigenvalue weighted by Gasteiger charge is -2.14. The second-order valence-electron chi connectivity index (χ2n) is 6.26. The van der Waals surface area contributed by atoms with Gasteiger partial charge in [0.1, 0.15) is 5.84 Å². The molecular formula is C23H29ClN2. The summed E-state index contributed by atoms with van der Waals surface area (Å²) >= 11 is 6.30. The molecule has 1 unspecified atom stereocenters. The normalized spacial score (nSPS) is 13.9. The van der Waals surface area contributed by atoms with Gasteiger partial charge in [0.2, 0.25) is 0 Å². The zero-order valence-electron chi connectivity index (χ0n) is 16.1. The summed E-state index contributed by atoms with van der Waals surface area (Å²) in [7, 11) is 0. The SMILES string of the molecule is C=CCN=C(NC(C)C=C)/C(C=C)=C/C=C(\C)Cc1cc(C)ccc1Cl. The number of halogens is 1. The van der Waals surface area contributed by atoms with Crippen molar-refractivity contribution in [2.45, 2.75) is 33.2 Å². The van der Waals surface area contributed by atoms with Gasteiger partial charge < -0.3 is 5.32 Å². The zero-order valence-corrected chi connectivity index (χ0v) is 16.8. The molecule has 138 valence electrons. The van der Waals surface area contributed by atoms with Gasteiger partial charge in [0.25, 0.3) is 0 Å². The summed E-state index contributed by atoms with van der Waals surface area (Å²) in [6, 6.07) is 6.21. The van der Waals surface area contributed by atoms with E-state index in [0.29, 0.717) is 6.54 Å². The Morgan fingerprint density at radius 3 is 2.62 bits per heavy atom. The molecule has 0 fully saturated rings. The number of hydrogen-bond donors (Lipinski definition) is 1. The van der Waals surface area contributed by atoms with E-state index in [1.54, 1.807) is 12.2 Å². The Labute approximate surface area is 163 Å². The Morgan fingerprint density at radius 2 is 2.00 bits per heavy atom. The van der Waals surface area contributed by atoms with Gasteiger partial charge in [0, 0.05) is 16.6 Å². The second-order valence-corrected chi connectivity index (χ2v) is 6.66. The monoisotopic (exact) mass is 368 g/mol. The highest BCUT2D eigenvalue weighted by atomic mass is 35.5. The summed E-state index contributed by atoms with van der Waals surface area (Å²) in [5, 5.41) is 4.13. The molecule has 0 amide bonds. The molecule has 3 heteroatoms. The molecule has 0 bridgehead atoms. The van der Waals surface area contributed by atoms with Crippen LogP contribution in [-0.4, -0.2) is 18.4 Å². The molecular weight excluding hydrogens is 340 g/mol. The maximum Gasteiger partial charge on any atom is 0.129 e. The van der Waals surface area contributed by atoms with Crippen molar-refractivity contribution >= 4 is 17.4 Å². The van der Waals surface area contributed by atoms with Crippen molar-refractivity contribution in [1.29, 1.82) is 0 Å². The summed E-state index contributed by atoms with van der Waals surface area (Å²) < 4.78 is 0. The van der Waals surface area contributed by atoms with Crippen LogP contribution in [0.15, 0.2) is 84.5 Å². The molecule has 0 aliphatic rings. The van der Waals surface area contributed by atoms with E-state index in [2.05, 4.69) is 56.0 Å².